The standard InChI is InChI=1S/C38H74O3/c1-4-7-9-11-13-15-17-19-21-23-25-27-29-31-33-35-37(39)41-38(40)36(6-3)34-32-30-28-26-24-22-20-18-16-14-12-10-8-5-2/h36H,4-35H2,1-3H3. The van der Waals surface area contributed by atoms with Gasteiger partial charge in [-0.25, -0.2) is 0 Å². The van der Waals surface area contributed by atoms with Crippen LogP contribution >= 0.6 is 0 Å². The quantitative estimate of drug-likeness (QED) is 0.0442. The summed E-state index contributed by atoms with van der Waals surface area (Å²) in [6, 6.07) is 0. The highest BCUT2D eigenvalue weighted by Crippen LogP contribution is 2.19. The fourth-order valence-electron chi connectivity index (χ4n) is 5.96. The second kappa shape index (κ2) is 33.6. The lowest BCUT2D eigenvalue weighted by Crippen LogP contribution is -2.21. The fraction of sp³-hybridized carbons (Fsp3) is 0.947. The van der Waals surface area contributed by atoms with Gasteiger partial charge >= 0.3 is 11.9 Å². The van der Waals surface area contributed by atoms with Crippen molar-refractivity contribution >= 4 is 11.9 Å². The zero-order valence-corrected chi connectivity index (χ0v) is 28.4. The topological polar surface area (TPSA) is 43.4 Å². The number of carbonyl (C=O) groups excluding carboxylic acids is 2. The number of unbranched alkanes of at least 4 members (excludes halogenated alkanes) is 27. The summed E-state index contributed by atoms with van der Waals surface area (Å²) in [4.78, 5) is 24.6. The number of hydrogen-bond donors (Lipinski definition) is 0. The fourth-order valence-corrected chi connectivity index (χ4v) is 5.96. The van der Waals surface area contributed by atoms with Crippen molar-refractivity contribution in [3.63, 3.8) is 0 Å². The number of rotatable bonds is 33. The van der Waals surface area contributed by atoms with Crippen LogP contribution in [-0.4, -0.2) is 11.9 Å². The lowest BCUT2D eigenvalue weighted by atomic mass is 9.97. The van der Waals surface area contributed by atoms with Crippen molar-refractivity contribution in [3.05, 3.63) is 0 Å². The van der Waals surface area contributed by atoms with Gasteiger partial charge in [-0.05, 0) is 19.3 Å². The molecule has 0 spiro atoms. The summed E-state index contributed by atoms with van der Waals surface area (Å²) in [7, 11) is 0. The Morgan fingerprint density at radius 2 is 0.707 bits per heavy atom. The Bertz CT molecular complexity index is 544. The Balaban J connectivity index is 3.52. The van der Waals surface area contributed by atoms with E-state index in [1.165, 1.54) is 167 Å². The predicted octanol–water partition coefficient (Wildman–Crippen LogP) is 13.2. The molecule has 0 aromatic carbocycles. The second-order valence-electron chi connectivity index (χ2n) is 13.0. The van der Waals surface area contributed by atoms with E-state index in [0.717, 1.165) is 32.1 Å². The van der Waals surface area contributed by atoms with Gasteiger partial charge in [0.05, 0.1) is 5.92 Å². The van der Waals surface area contributed by atoms with E-state index in [4.69, 9.17) is 4.74 Å². The van der Waals surface area contributed by atoms with Gasteiger partial charge < -0.3 is 4.74 Å². The summed E-state index contributed by atoms with van der Waals surface area (Å²) in [5.74, 6) is -0.713. The van der Waals surface area contributed by atoms with Crippen LogP contribution in [0, 0.1) is 5.92 Å². The highest BCUT2D eigenvalue weighted by Gasteiger charge is 2.20. The third-order valence-electron chi connectivity index (χ3n) is 8.93. The second-order valence-corrected chi connectivity index (χ2v) is 13.0. The zero-order chi connectivity index (χ0) is 30.1. The lowest BCUT2D eigenvalue weighted by Gasteiger charge is -2.13. The summed E-state index contributed by atoms with van der Waals surface area (Å²) >= 11 is 0. The molecule has 0 aliphatic heterocycles. The minimum atomic E-state index is -0.316. The van der Waals surface area contributed by atoms with Crippen molar-refractivity contribution in [1.82, 2.24) is 0 Å². The molecule has 0 heterocycles. The van der Waals surface area contributed by atoms with Crippen LogP contribution in [0.1, 0.15) is 226 Å². The van der Waals surface area contributed by atoms with Gasteiger partial charge in [-0.1, -0.05) is 201 Å². The van der Waals surface area contributed by atoms with Crippen molar-refractivity contribution in [2.45, 2.75) is 226 Å². The van der Waals surface area contributed by atoms with Gasteiger partial charge in [0.25, 0.3) is 0 Å². The van der Waals surface area contributed by atoms with Crippen LogP contribution in [0.25, 0.3) is 0 Å². The summed E-state index contributed by atoms with van der Waals surface area (Å²) in [5, 5.41) is 0. The molecular formula is C38H74O3. The molecule has 3 heteroatoms. The van der Waals surface area contributed by atoms with E-state index in [9.17, 15) is 9.59 Å². The van der Waals surface area contributed by atoms with Gasteiger partial charge in [0.2, 0.25) is 0 Å². The first-order chi connectivity index (χ1) is 20.2. The minimum Gasteiger partial charge on any atom is -0.393 e. The number of esters is 2. The zero-order valence-electron chi connectivity index (χ0n) is 28.4. The molecule has 0 radical (unpaired) electrons. The Morgan fingerprint density at radius 3 is 1.02 bits per heavy atom. The molecule has 0 aromatic heterocycles. The van der Waals surface area contributed by atoms with Crippen molar-refractivity contribution < 1.29 is 14.3 Å². The largest absolute Gasteiger partial charge is 0.393 e. The SMILES string of the molecule is CCCCCCCCCCCCCCCCCC(=O)OC(=O)C(CC)CCCCCCCCCCCCCCCC. The molecule has 1 unspecified atom stereocenters. The van der Waals surface area contributed by atoms with Crippen LogP contribution in [0.2, 0.25) is 0 Å². The van der Waals surface area contributed by atoms with Crippen LogP contribution in [0.15, 0.2) is 0 Å². The molecule has 0 fully saturated rings. The first-order valence-electron chi connectivity index (χ1n) is 18.9. The summed E-state index contributed by atoms with van der Waals surface area (Å²) in [5.41, 5.74) is 0. The highest BCUT2D eigenvalue weighted by atomic mass is 16.6. The van der Waals surface area contributed by atoms with E-state index in [0.29, 0.717) is 6.42 Å². The van der Waals surface area contributed by atoms with Crippen LogP contribution in [0.4, 0.5) is 0 Å². The average Bonchev–Trinajstić information content (AvgIpc) is 2.97. The summed E-state index contributed by atoms with van der Waals surface area (Å²) < 4.78 is 5.21. The molecule has 0 N–H and O–H groups in total. The summed E-state index contributed by atoms with van der Waals surface area (Å²) in [6.07, 6.45) is 40.4. The smallest absolute Gasteiger partial charge is 0.316 e. The van der Waals surface area contributed by atoms with E-state index >= 15 is 0 Å². The van der Waals surface area contributed by atoms with Crippen molar-refractivity contribution in [3.8, 4) is 0 Å². The Hall–Kier alpha value is -0.860. The average molecular weight is 579 g/mol. The van der Waals surface area contributed by atoms with E-state index in [1.807, 2.05) is 6.92 Å². The first kappa shape index (κ1) is 40.1. The summed E-state index contributed by atoms with van der Waals surface area (Å²) in [6.45, 7) is 6.59. The predicted molar refractivity (Wildman–Crippen MR) is 179 cm³/mol. The van der Waals surface area contributed by atoms with Crippen molar-refractivity contribution in [1.29, 1.82) is 0 Å². The molecule has 0 amide bonds. The van der Waals surface area contributed by atoms with Gasteiger partial charge in [0.1, 0.15) is 0 Å². The van der Waals surface area contributed by atoms with Crippen LogP contribution in [-0.2, 0) is 14.3 Å². The van der Waals surface area contributed by atoms with Crippen molar-refractivity contribution in [2.24, 2.45) is 5.92 Å². The Kier molecular flexibility index (Phi) is 32.9. The maximum atomic E-state index is 12.5. The van der Waals surface area contributed by atoms with E-state index in [2.05, 4.69) is 13.8 Å². The normalized spacial score (nSPS) is 12.1. The molecule has 0 aromatic rings. The van der Waals surface area contributed by atoms with E-state index in [-0.39, 0.29) is 17.9 Å². The van der Waals surface area contributed by atoms with Gasteiger partial charge in [-0.3, -0.25) is 9.59 Å². The van der Waals surface area contributed by atoms with Gasteiger partial charge in [0, 0.05) is 6.42 Å². The molecule has 0 aliphatic carbocycles. The molecule has 0 aliphatic rings. The Morgan fingerprint density at radius 1 is 0.415 bits per heavy atom. The van der Waals surface area contributed by atoms with E-state index in [1.54, 1.807) is 0 Å². The van der Waals surface area contributed by atoms with E-state index < -0.39 is 0 Å². The number of carbonyl (C=O) groups is 2. The third-order valence-corrected chi connectivity index (χ3v) is 8.93. The van der Waals surface area contributed by atoms with Crippen molar-refractivity contribution in [2.75, 3.05) is 0 Å². The lowest BCUT2D eigenvalue weighted by molar-refractivity contribution is -0.163. The molecule has 41 heavy (non-hydrogen) atoms. The third kappa shape index (κ3) is 30.4. The minimum absolute atomic E-state index is 0.114. The maximum Gasteiger partial charge on any atom is 0.316 e. The van der Waals surface area contributed by atoms with Crippen LogP contribution < -0.4 is 0 Å². The molecule has 244 valence electrons. The maximum absolute atomic E-state index is 12.5. The molecule has 1 atom stereocenters. The molecule has 0 bridgehead atoms. The molecule has 0 rings (SSSR count). The first-order valence-corrected chi connectivity index (χ1v) is 18.9. The van der Waals surface area contributed by atoms with Gasteiger partial charge in [-0.2, -0.15) is 0 Å². The van der Waals surface area contributed by atoms with Gasteiger partial charge in [-0.15, -0.1) is 0 Å². The molecular weight excluding hydrogens is 504 g/mol. The highest BCUT2D eigenvalue weighted by molar-refractivity contribution is 5.86. The molecule has 3 nitrogen and oxygen atoms in total. The molecule has 0 saturated carbocycles. The number of hydrogen-bond acceptors (Lipinski definition) is 3. The molecule has 0 saturated heterocycles. The van der Waals surface area contributed by atoms with Crippen LogP contribution in [0.3, 0.4) is 0 Å². The number of ether oxygens (including phenoxy) is 1. The monoisotopic (exact) mass is 579 g/mol. The van der Waals surface area contributed by atoms with Crippen LogP contribution in [0.5, 0.6) is 0 Å². The van der Waals surface area contributed by atoms with Gasteiger partial charge in [0.15, 0.2) is 0 Å². The Labute approximate surface area is 258 Å².